The number of ether oxygens (including phenoxy) is 3. The van der Waals surface area contributed by atoms with E-state index < -0.39 is 22.5 Å². The molecule has 0 radical (unpaired) electrons. The molecule has 0 spiro atoms. The van der Waals surface area contributed by atoms with Crippen LogP contribution in [0.3, 0.4) is 0 Å². The highest BCUT2D eigenvalue weighted by atomic mass is 32.2. The van der Waals surface area contributed by atoms with Gasteiger partial charge in [-0.2, -0.15) is 0 Å². The Morgan fingerprint density at radius 2 is 1.47 bits per heavy atom. The number of rotatable bonds is 12. The number of benzene rings is 3. The summed E-state index contributed by atoms with van der Waals surface area (Å²) in [5, 5.41) is 3.04. The third kappa shape index (κ3) is 6.98. The maximum atomic E-state index is 13.9. The summed E-state index contributed by atoms with van der Waals surface area (Å²) in [6, 6.07) is 18.5. The van der Waals surface area contributed by atoms with Gasteiger partial charge in [-0.05, 0) is 61.2 Å². The lowest BCUT2D eigenvalue weighted by molar-refractivity contribution is -0.120. The lowest BCUT2D eigenvalue weighted by Gasteiger charge is -2.28. The molecule has 0 heterocycles. The molecule has 0 aliphatic heterocycles. The standard InChI is InChI=1S/C29H36N2O6S/c1-20(2)17-26(22-9-11-23(35-4)12-10-22)30-29(32)19-31(27-18-24(36-5)13-16-28(27)37-6)38(33,34)25-14-7-21(3)8-15-25/h7-16,18,20,26H,17,19H2,1-6H3,(H,30,32)/t26-/m0/s1. The average Bonchev–Trinajstić information content (AvgIpc) is 2.91. The van der Waals surface area contributed by atoms with Crippen LogP contribution in [0.25, 0.3) is 0 Å². The molecule has 8 nitrogen and oxygen atoms in total. The molecule has 0 bridgehead atoms. The number of amides is 1. The van der Waals surface area contributed by atoms with Gasteiger partial charge in [-0.15, -0.1) is 0 Å². The molecular formula is C29H36N2O6S. The Hall–Kier alpha value is -3.72. The quantitative estimate of drug-likeness (QED) is 0.343. The molecule has 1 amide bonds. The van der Waals surface area contributed by atoms with Gasteiger partial charge in [0, 0.05) is 6.07 Å². The minimum Gasteiger partial charge on any atom is -0.497 e. The highest BCUT2D eigenvalue weighted by Crippen LogP contribution is 2.36. The van der Waals surface area contributed by atoms with Gasteiger partial charge >= 0.3 is 0 Å². The molecule has 1 atom stereocenters. The summed E-state index contributed by atoms with van der Waals surface area (Å²) < 4.78 is 44.9. The fourth-order valence-electron chi connectivity index (χ4n) is 4.09. The van der Waals surface area contributed by atoms with E-state index in [2.05, 4.69) is 19.2 Å². The Labute approximate surface area is 225 Å². The fraction of sp³-hybridized carbons (Fsp3) is 0.345. The maximum Gasteiger partial charge on any atom is 0.264 e. The van der Waals surface area contributed by atoms with Gasteiger partial charge in [-0.3, -0.25) is 9.10 Å². The number of hydrogen-bond acceptors (Lipinski definition) is 6. The third-order valence-electron chi connectivity index (χ3n) is 6.11. The normalized spacial score (nSPS) is 12.1. The van der Waals surface area contributed by atoms with E-state index in [4.69, 9.17) is 14.2 Å². The molecule has 38 heavy (non-hydrogen) atoms. The van der Waals surface area contributed by atoms with Crippen LogP contribution in [-0.2, 0) is 14.8 Å². The zero-order valence-corrected chi connectivity index (χ0v) is 23.5. The molecule has 1 N–H and O–H groups in total. The number of nitrogens with one attached hydrogen (secondary N) is 1. The zero-order valence-electron chi connectivity index (χ0n) is 22.7. The van der Waals surface area contributed by atoms with Crippen LogP contribution in [0, 0.1) is 12.8 Å². The number of anilines is 1. The lowest BCUT2D eigenvalue weighted by Crippen LogP contribution is -2.42. The molecule has 3 aromatic carbocycles. The van der Waals surface area contributed by atoms with E-state index in [0.717, 1.165) is 15.4 Å². The van der Waals surface area contributed by atoms with Crippen molar-refractivity contribution in [1.29, 1.82) is 0 Å². The number of aryl methyl sites for hydroxylation is 1. The minimum atomic E-state index is -4.14. The van der Waals surface area contributed by atoms with Gasteiger partial charge in [0.15, 0.2) is 0 Å². The molecular weight excluding hydrogens is 504 g/mol. The van der Waals surface area contributed by atoms with Crippen LogP contribution >= 0.6 is 0 Å². The topological polar surface area (TPSA) is 94.2 Å². The first kappa shape index (κ1) is 28.8. The Bertz CT molecular complexity index is 1320. The van der Waals surface area contributed by atoms with Crippen LogP contribution in [-0.4, -0.2) is 42.2 Å². The molecule has 0 fully saturated rings. The summed E-state index contributed by atoms with van der Waals surface area (Å²) in [6.07, 6.45) is 0.672. The summed E-state index contributed by atoms with van der Waals surface area (Å²) in [5.74, 6) is 1.27. The second-order valence-electron chi connectivity index (χ2n) is 9.39. The van der Waals surface area contributed by atoms with Crippen molar-refractivity contribution in [2.24, 2.45) is 5.92 Å². The summed E-state index contributed by atoms with van der Waals surface area (Å²) in [5.41, 5.74) is 2.02. The van der Waals surface area contributed by atoms with Crippen LogP contribution in [0.4, 0.5) is 5.69 Å². The molecule has 3 rings (SSSR count). The summed E-state index contributed by atoms with van der Waals surface area (Å²) in [4.78, 5) is 13.6. The summed E-state index contributed by atoms with van der Waals surface area (Å²) in [7, 11) is 0.397. The molecule has 0 saturated heterocycles. The van der Waals surface area contributed by atoms with Crippen LogP contribution in [0.2, 0.25) is 0 Å². The second kappa shape index (κ2) is 12.7. The van der Waals surface area contributed by atoms with E-state index in [1.807, 2.05) is 31.2 Å². The number of nitrogens with zero attached hydrogens (tertiary/aromatic N) is 1. The van der Waals surface area contributed by atoms with Crippen molar-refractivity contribution in [3.05, 3.63) is 77.9 Å². The highest BCUT2D eigenvalue weighted by molar-refractivity contribution is 7.92. The molecule has 0 aromatic heterocycles. The molecule has 0 saturated carbocycles. The molecule has 0 aliphatic carbocycles. The smallest absolute Gasteiger partial charge is 0.264 e. The van der Waals surface area contributed by atoms with E-state index >= 15 is 0 Å². The first-order valence-corrected chi connectivity index (χ1v) is 13.8. The van der Waals surface area contributed by atoms with Crippen LogP contribution in [0.5, 0.6) is 17.2 Å². The van der Waals surface area contributed by atoms with Crippen molar-refractivity contribution < 1.29 is 27.4 Å². The zero-order chi connectivity index (χ0) is 27.9. The van der Waals surface area contributed by atoms with Gasteiger partial charge < -0.3 is 19.5 Å². The summed E-state index contributed by atoms with van der Waals surface area (Å²) in [6.45, 7) is 5.56. The number of carbonyl (C=O) groups is 1. The number of methoxy groups -OCH3 is 3. The maximum absolute atomic E-state index is 13.9. The van der Waals surface area contributed by atoms with Gasteiger partial charge in [-0.1, -0.05) is 43.7 Å². The minimum absolute atomic E-state index is 0.0645. The lowest BCUT2D eigenvalue weighted by atomic mass is 9.97. The van der Waals surface area contributed by atoms with Gasteiger partial charge in [0.1, 0.15) is 23.8 Å². The predicted molar refractivity (Wildman–Crippen MR) is 149 cm³/mol. The predicted octanol–water partition coefficient (Wildman–Crippen LogP) is 5.12. The third-order valence-corrected chi connectivity index (χ3v) is 7.89. The number of hydrogen-bond donors (Lipinski definition) is 1. The van der Waals surface area contributed by atoms with Crippen LogP contribution in [0.1, 0.15) is 37.4 Å². The van der Waals surface area contributed by atoms with Crippen molar-refractivity contribution in [1.82, 2.24) is 5.32 Å². The van der Waals surface area contributed by atoms with E-state index in [-0.39, 0.29) is 22.5 Å². The monoisotopic (exact) mass is 540 g/mol. The summed E-state index contributed by atoms with van der Waals surface area (Å²) >= 11 is 0. The molecule has 0 unspecified atom stereocenters. The van der Waals surface area contributed by atoms with Crippen LogP contribution in [0.15, 0.2) is 71.6 Å². The van der Waals surface area contributed by atoms with E-state index in [1.165, 1.54) is 26.4 Å². The van der Waals surface area contributed by atoms with E-state index in [9.17, 15) is 13.2 Å². The highest BCUT2D eigenvalue weighted by Gasteiger charge is 2.31. The fourth-order valence-corrected chi connectivity index (χ4v) is 5.51. The molecule has 3 aromatic rings. The van der Waals surface area contributed by atoms with E-state index in [1.54, 1.807) is 37.4 Å². The van der Waals surface area contributed by atoms with Crippen molar-refractivity contribution in [2.75, 3.05) is 32.2 Å². The van der Waals surface area contributed by atoms with Gasteiger partial charge in [0.2, 0.25) is 5.91 Å². The average molecular weight is 541 g/mol. The Morgan fingerprint density at radius 3 is 2.03 bits per heavy atom. The van der Waals surface area contributed by atoms with Crippen LogP contribution < -0.4 is 23.8 Å². The Morgan fingerprint density at radius 1 is 0.868 bits per heavy atom. The molecule has 0 aliphatic rings. The van der Waals surface area contributed by atoms with Crippen molar-refractivity contribution in [3.63, 3.8) is 0 Å². The van der Waals surface area contributed by atoms with Crippen molar-refractivity contribution in [2.45, 2.75) is 38.1 Å². The number of carbonyl (C=O) groups excluding carboxylic acids is 1. The van der Waals surface area contributed by atoms with Crippen molar-refractivity contribution in [3.8, 4) is 17.2 Å². The molecule has 204 valence electrons. The van der Waals surface area contributed by atoms with Crippen molar-refractivity contribution >= 4 is 21.6 Å². The van der Waals surface area contributed by atoms with Gasteiger partial charge in [-0.25, -0.2) is 8.42 Å². The Kier molecular flexibility index (Phi) is 9.63. The Balaban J connectivity index is 2.01. The van der Waals surface area contributed by atoms with Gasteiger partial charge in [0.25, 0.3) is 10.0 Å². The van der Waals surface area contributed by atoms with E-state index in [0.29, 0.717) is 23.7 Å². The number of sulfonamides is 1. The molecule has 9 heteroatoms. The van der Waals surface area contributed by atoms with Gasteiger partial charge in [0.05, 0.1) is 38.0 Å². The SMILES string of the molecule is COc1ccc([C@H](CC(C)C)NC(=O)CN(c2cc(OC)ccc2OC)S(=O)(=O)c2ccc(C)cc2)cc1. The first-order chi connectivity index (χ1) is 18.1. The largest absolute Gasteiger partial charge is 0.497 e. The first-order valence-electron chi connectivity index (χ1n) is 12.3. The second-order valence-corrected chi connectivity index (χ2v) is 11.2.